The molecule has 4 aromatic rings. The van der Waals surface area contributed by atoms with Crippen molar-refractivity contribution in [2.45, 2.75) is 18.9 Å². The topological polar surface area (TPSA) is 63.6 Å². The van der Waals surface area contributed by atoms with Gasteiger partial charge in [-0.2, -0.15) is 0 Å². The van der Waals surface area contributed by atoms with E-state index in [4.69, 9.17) is 17.0 Å². The number of carbonyl (C=O) groups excluding carboxylic acids is 1. The number of anilines is 1. The van der Waals surface area contributed by atoms with Gasteiger partial charge in [0, 0.05) is 48.7 Å². The Morgan fingerprint density at radius 2 is 1.83 bits per heavy atom. The van der Waals surface area contributed by atoms with Crippen molar-refractivity contribution in [3.63, 3.8) is 0 Å². The lowest BCUT2D eigenvalue weighted by Gasteiger charge is -2.30. The summed E-state index contributed by atoms with van der Waals surface area (Å²) in [6.45, 7) is 2.95. The molecule has 2 aromatic carbocycles. The number of halogens is 1. The highest BCUT2D eigenvalue weighted by Gasteiger charge is 2.28. The zero-order valence-corrected chi connectivity index (χ0v) is 21.6. The van der Waals surface area contributed by atoms with Crippen LogP contribution < -0.4 is 20.4 Å². The Balaban J connectivity index is 1.34. The van der Waals surface area contributed by atoms with Crippen molar-refractivity contribution in [2.24, 2.45) is 0 Å². The SMILES string of the molecule is O=C(Oc1ccc(-c2cc(=S)ss2)cc1)c1cn(C2CC2)c2cc(N3CCNCC3)c(F)cc2c1=O. The maximum atomic E-state index is 15.2. The van der Waals surface area contributed by atoms with Crippen molar-refractivity contribution in [1.29, 1.82) is 0 Å². The quantitative estimate of drug-likeness (QED) is 0.154. The Morgan fingerprint density at radius 1 is 1.08 bits per heavy atom. The fourth-order valence-electron chi connectivity index (χ4n) is 4.53. The lowest BCUT2D eigenvalue weighted by molar-refractivity contribution is 0.0733. The van der Waals surface area contributed by atoms with Crippen molar-refractivity contribution in [3.8, 4) is 16.2 Å². The number of piperazine rings is 1. The highest BCUT2D eigenvalue weighted by molar-refractivity contribution is 7.80. The molecule has 1 aliphatic heterocycles. The molecule has 1 N–H and O–H groups in total. The summed E-state index contributed by atoms with van der Waals surface area (Å²) in [6, 6.07) is 12.2. The van der Waals surface area contributed by atoms with Crippen LogP contribution in [-0.2, 0) is 0 Å². The van der Waals surface area contributed by atoms with Gasteiger partial charge in [0.15, 0.2) is 0 Å². The van der Waals surface area contributed by atoms with Crippen LogP contribution in [0.1, 0.15) is 29.2 Å². The second-order valence-corrected chi connectivity index (χ2v) is 11.9. The average molecular weight is 540 g/mol. The van der Waals surface area contributed by atoms with E-state index in [1.54, 1.807) is 34.7 Å². The number of fused-ring (bicyclic) bond motifs is 1. The van der Waals surface area contributed by atoms with Crippen molar-refractivity contribution >= 4 is 55.5 Å². The molecule has 2 aliphatic rings. The van der Waals surface area contributed by atoms with Crippen LogP contribution in [0.3, 0.4) is 0 Å². The minimum Gasteiger partial charge on any atom is -0.423 e. The van der Waals surface area contributed by atoms with E-state index in [2.05, 4.69) is 5.32 Å². The van der Waals surface area contributed by atoms with Crippen LogP contribution >= 0.6 is 32.9 Å². The van der Waals surface area contributed by atoms with E-state index < -0.39 is 17.2 Å². The number of nitrogens with one attached hydrogen (secondary N) is 1. The predicted octanol–water partition coefficient (Wildman–Crippen LogP) is 5.62. The normalized spacial score (nSPS) is 15.9. The highest BCUT2D eigenvalue weighted by Crippen LogP contribution is 2.38. The summed E-state index contributed by atoms with van der Waals surface area (Å²) in [5.74, 6) is -0.871. The summed E-state index contributed by atoms with van der Waals surface area (Å²) < 4.78 is 23.5. The summed E-state index contributed by atoms with van der Waals surface area (Å²) >= 11 is 5.20. The Labute approximate surface area is 219 Å². The standard InChI is InChI=1S/C26H22FN3O3S3/c27-20-11-18-21(12-22(20)29-9-7-28-8-10-29)30(16-3-4-16)14-19(25(18)31)26(32)33-17-5-1-15(2-6-17)23-13-24(34)36-35-23/h1-2,5-6,11-14,16,28H,3-4,7-10H2. The third-order valence-electron chi connectivity index (χ3n) is 6.53. The van der Waals surface area contributed by atoms with Gasteiger partial charge in [-0.05, 0) is 60.9 Å². The fourth-order valence-corrected chi connectivity index (χ4v) is 6.93. The number of esters is 1. The summed E-state index contributed by atoms with van der Waals surface area (Å²) in [4.78, 5) is 29.4. The van der Waals surface area contributed by atoms with E-state index >= 15 is 4.39 Å². The molecule has 2 fully saturated rings. The largest absolute Gasteiger partial charge is 0.423 e. The lowest BCUT2D eigenvalue weighted by atomic mass is 10.1. The summed E-state index contributed by atoms with van der Waals surface area (Å²) in [5, 5.41) is 3.46. The molecule has 1 saturated heterocycles. The third kappa shape index (κ3) is 4.50. The zero-order valence-electron chi connectivity index (χ0n) is 19.2. The molecule has 3 heterocycles. The molecule has 0 amide bonds. The van der Waals surface area contributed by atoms with Gasteiger partial charge in [-0.15, -0.1) is 0 Å². The average Bonchev–Trinajstić information content (AvgIpc) is 3.64. The Bertz CT molecular complexity index is 1580. The van der Waals surface area contributed by atoms with E-state index in [9.17, 15) is 9.59 Å². The van der Waals surface area contributed by atoms with Crippen molar-refractivity contribution in [3.05, 3.63) is 74.1 Å². The molecule has 10 heteroatoms. The first-order chi connectivity index (χ1) is 17.5. The van der Waals surface area contributed by atoms with E-state index in [1.807, 2.05) is 27.7 Å². The molecule has 0 atom stereocenters. The van der Waals surface area contributed by atoms with Crippen LogP contribution in [0.25, 0.3) is 21.3 Å². The van der Waals surface area contributed by atoms with Crippen LogP contribution in [0.4, 0.5) is 10.1 Å². The van der Waals surface area contributed by atoms with Crippen LogP contribution in [-0.4, -0.2) is 36.7 Å². The van der Waals surface area contributed by atoms with Crippen LogP contribution in [0.2, 0.25) is 0 Å². The number of benzene rings is 2. The number of carbonyl (C=O) groups is 1. The van der Waals surface area contributed by atoms with Gasteiger partial charge >= 0.3 is 5.97 Å². The molecule has 2 aromatic heterocycles. The first-order valence-electron chi connectivity index (χ1n) is 11.7. The van der Waals surface area contributed by atoms with Crippen molar-refractivity contribution < 1.29 is 13.9 Å². The minimum atomic E-state index is -0.748. The molecular weight excluding hydrogens is 518 g/mol. The Morgan fingerprint density at radius 3 is 2.50 bits per heavy atom. The molecule has 1 saturated carbocycles. The first-order valence-corrected chi connectivity index (χ1v) is 14.3. The zero-order chi connectivity index (χ0) is 24.8. The number of ether oxygens (including phenoxy) is 1. The van der Waals surface area contributed by atoms with Gasteiger partial charge in [0.2, 0.25) is 5.43 Å². The molecule has 6 nitrogen and oxygen atoms in total. The molecule has 0 radical (unpaired) electrons. The summed E-state index contributed by atoms with van der Waals surface area (Å²) in [5.41, 5.74) is 1.50. The van der Waals surface area contributed by atoms with E-state index in [1.165, 1.54) is 16.4 Å². The Kier molecular flexibility index (Phi) is 6.20. The number of hydrogen-bond donors (Lipinski definition) is 1. The first kappa shape index (κ1) is 23.5. The van der Waals surface area contributed by atoms with Gasteiger partial charge in [0.05, 0.1) is 11.2 Å². The molecule has 6 rings (SSSR count). The molecule has 0 spiro atoms. The molecule has 36 heavy (non-hydrogen) atoms. The van der Waals surface area contributed by atoms with Gasteiger partial charge < -0.3 is 19.5 Å². The molecule has 1 aliphatic carbocycles. The number of pyridine rings is 1. The summed E-state index contributed by atoms with van der Waals surface area (Å²) in [7, 11) is 3.13. The predicted molar refractivity (Wildman–Crippen MR) is 145 cm³/mol. The number of aromatic nitrogens is 1. The molecular formula is C26H22FN3O3S3. The van der Waals surface area contributed by atoms with E-state index in [0.717, 1.165) is 40.2 Å². The lowest BCUT2D eigenvalue weighted by Crippen LogP contribution is -2.43. The van der Waals surface area contributed by atoms with Gasteiger partial charge in [-0.25, -0.2) is 9.18 Å². The number of nitrogens with zero attached hydrogens (tertiary/aromatic N) is 2. The maximum Gasteiger partial charge on any atom is 0.349 e. The van der Waals surface area contributed by atoms with Crippen LogP contribution in [0.5, 0.6) is 5.75 Å². The smallest absolute Gasteiger partial charge is 0.349 e. The third-order valence-corrected chi connectivity index (χ3v) is 9.44. The summed E-state index contributed by atoms with van der Waals surface area (Å²) in [6.07, 6.45) is 3.48. The van der Waals surface area contributed by atoms with Crippen molar-refractivity contribution in [2.75, 3.05) is 31.1 Å². The maximum absolute atomic E-state index is 15.2. The molecule has 0 unspecified atom stereocenters. The van der Waals surface area contributed by atoms with Gasteiger partial charge in [-0.1, -0.05) is 32.9 Å². The van der Waals surface area contributed by atoms with Crippen LogP contribution in [0.15, 0.2) is 53.5 Å². The number of rotatable bonds is 5. The second kappa shape index (κ2) is 9.51. The van der Waals surface area contributed by atoms with Crippen LogP contribution in [0, 0.1) is 9.64 Å². The fraction of sp³-hybridized carbons (Fsp3) is 0.269. The molecule has 0 bridgehead atoms. The van der Waals surface area contributed by atoms with Gasteiger partial charge in [-0.3, -0.25) is 4.79 Å². The van der Waals surface area contributed by atoms with E-state index in [0.29, 0.717) is 30.0 Å². The van der Waals surface area contributed by atoms with Crippen molar-refractivity contribution in [1.82, 2.24) is 9.88 Å². The van der Waals surface area contributed by atoms with Gasteiger partial charge in [0.1, 0.15) is 21.0 Å². The van der Waals surface area contributed by atoms with Gasteiger partial charge in [0.25, 0.3) is 0 Å². The molecule has 184 valence electrons. The highest BCUT2D eigenvalue weighted by atomic mass is 32.9. The monoisotopic (exact) mass is 539 g/mol. The van der Waals surface area contributed by atoms with E-state index in [-0.39, 0.29) is 17.0 Å². The second-order valence-electron chi connectivity index (χ2n) is 8.98. The Hall–Kier alpha value is -2.92. The minimum absolute atomic E-state index is 0.0939. The number of hydrogen-bond acceptors (Lipinski definition) is 8.